The molecule has 0 atom stereocenters. The van der Waals surface area contributed by atoms with Gasteiger partial charge in [-0.15, -0.1) is 0 Å². The number of ether oxygens (including phenoxy) is 2. The van der Waals surface area contributed by atoms with E-state index in [0.29, 0.717) is 0 Å². The summed E-state index contributed by atoms with van der Waals surface area (Å²) in [5.41, 5.74) is -0.996. The molecule has 20 heavy (non-hydrogen) atoms. The third-order valence-corrected chi connectivity index (χ3v) is 1.73. The maximum Gasteiger partial charge on any atom is 0.707 e. The van der Waals surface area contributed by atoms with Crippen molar-refractivity contribution in [1.29, 1.82) is 0 Å². The lowest BCUT2D eigenvalue weighted by atomic mass is 10.2. The first kappa shape index (κ1) is 16.5. The van der Waals surface area contributed by atoms with E-state index in [1.54, 1.807) is 0 Å². The van der Waals surface area contributed by atoms with Gasteiger partial charge in [-0.1, -0.05) is 0 Å². The van der Waals surface area contributed by atoms with E-state index in [9.17, 15) is 0 Å². The van der Waals surface area contributed by atoms with Gasteiger partial charge in [-0.3, -0.25) is 0 Å². The Morgan fingerprint density at radius 2 is 1.55 bits per heavy atom. The summed E-state index contributed by atoms with van der Waals surface area (Å²) < 4.78 is 15.9. The fourth-order valence-corrected chi connectivity index (χ4v) is 1.22. The van der Waals surface area contributed by atoms with Crippen molar-refractivity contribution in [3.8, 4) is 17.6 Å². The highest BCUT2D eigenvalue weighted by molar-refractivity contribution is 6.33. The average molecular weight is 284 g/mol. The minimum atomic E-state index is -1.98. The van der Waals surface area contributed by atoms with E-state index < -0.39 is 18.5 Å². The van der Waals surface area contributed by atoms with Crippen LogP contribution < -0.4 is 14.1 Å². The standard InChI is InChI=1S/C12H21BN2O5/c1-11(2,3)18-9-8(20-13(16)17)7-14-10(15-9)19-12(4,5)6/h7,16-17H,1-6H3. The van der Waals surface area contributed by atoms with Crippen LogP contribution >= 0.6 is 0 Å². The fraction of sp³-hybridized carbons (Fsp3) is 0.667. The molecule has 0 spiro atoms. The number of aromatic nitrogens is 2. The van der Waals surface area contributed by atoms with Crippen molar-refractivity contribution in [3.05, 3.63) is 6.20 Å². The van der Waals surface area contributed by atoms with Crippen molar-refractivity contribution in [2.75, 3.05) is 0 Å². The topological polar surface area (TPSA) is 93.9 Å². The Kier molecular flexibility index (Phi) is 4.83. The van der Waals surface area contributed by atoms with Crippen molar-refractivity contribution >= 4 is 7.32 Å². The van der Waals surface area contributed by atoms with Gasteiger partial charge in [0, 0.05) is 0 Å². The maximum atomic E-state index is 8.88. The first-order valence-corrected chi connectivity index (χ1v) is 6.24. The zero-order valence-corrected chi connectivity index (χ0v) is 12.7. The molecule has 0 fully saturated rings. The van der Waals surface area contributed by atoms with Gasteiger partial charge in [0.15, 0.2) is 5.75 Å². The van der Waals surface area contributed by atoms with Gasteiger partial charge in [-0.2, -0.15) is 9.97 Å². The second kappa shape index (κ2) is 5.84. The molecular weight excluding hydrogens is 263 g/mol. The predicted octanol–water partition coefficient (Wildman–Crippen LogP) is 1.18. The second-order valence-electron chi connectivity index (χ2n) is 6.19. The Morgan fingerprint density at radius 3 is 2.00 bits per heavy atom. The van der Waals surface area contributed by atoms with E-state index in [4.69, 9.17) is 24.2 Å². The largest absolute Gasteiger partial charge is 0.707 e. The van der Waals surface area contributed by atoms with E-state index in [-0.39, 0.29) is 17.6 Å². The highest BCUT2D eigenvalue weighted by Crippen LogP contribution is 2.29. The summed E-state index contributed by atoms with van der Waals surface area (Å²) in [6.45, 7) is 11.1. The van der Waals surface area contributed by atoms with Gasteiger partial charge in [0.1, 0.15) is 11.2 Å². The normalized spacial score (nSPS) is 12.0. The summed E-state index contributed by atoms with van der Waals surface area (Å²) >= 11 is 0. The van der Waals surface area contributed by atoms with E-state index in [1.807, 2.05) is 41.5 Å². The van der Waals surface area contributed by atoms with Gasteiger partial charge in [0.2, 0.25) is 0 Å². The maximum absolute atomic E-state index is 8.88. The molecular formula is C12H21BN2O5. The van der Waals surface area contributed by atoms with E-state index in [0.717, 1.165) is 0 Å². The van der Waals surface area contributed by atoms with Crippen molar-refractivity contribution in [3.63, 3.8) is 0 Å². The number of nitrogens with zero attached hydrogens (tertiary/aromatic N) is 2. The lowest BCUT2D eigenvalue weighted by Gasteiger charge is -2.24. The van der Waals surface area contributed by atoms with Gasteiger partial charge < -0.3 is 24.2 Å². The lowest BCUT2D eigenvalue weighted by Crippen LogP contribution is -2.27. The second-order valence-corrected chi connectivity index (χ2v) is 6.19. The SMILES string of the molecule is CC(C)(C)Oc1ncc(OB(O)O)c(OC(C)(C)C)n1. The molecule has 0 aliphatic heterocycles. The molecule has 8 heteroatoms. The summed E-state index contributed by atoms with van der Waals surface area (Å²) in [6.07, 6.45) is 1.27. The average Bonchev–Trinajstić information content (AvgIpc) is 2.16. The van der Waals surface area contributed by atoms with Crippen molar-refractivity contribution < 1.29 is 24.2 Å². The van der Waals surface area contributed by atoms with Crippen LogP contribution in [-0.2, 0) is 0 Å². The van der Waals surface area contributed by atoms with Gasteiger partial charge >= 0.3 is 13.3 Å². The Balaban J connectivity index is 3.08. The van der Waals surface area contributed by atoms with Gasteiger partial charge in [0.25, 0.3) is 5.88 Å². The summed E-state index contributed by atoms with van der Waals surface area (Å²) in [5.74, 6) is 0.107. The van der Waals surface area contributed by atoms with Crippen LogP contribution in [0.5, 0.6) is 17.6 Å². The Hall–Kier alpha value is -1.54. The summed E-state index contributed by atoms with van der Waals surface area (Å²) in [5, 5.41) is 17.8. The zero-order valence-electron chi connectivity index (χ0n) is 12.7. The quantitative estimate of drug-likeness (QED) is 0.802. The number of hydrogen-bond donors (Lipinski definition) is 2. The highest BCUT2D eigenvalue weighted by atomic mass is 16.6. The molecule has 1 aromatic heterocycles. The molecule has 0 saturated heterocycles. The molecule has 0 aliphatic carbocycles. The fourth-order valence-electron chi connectivity index (χ4n) is 1.22. The van der Waals surface area contributed by atoms with Gasteiger partial charge in [0.05, 0.1) is 6.20 Å². The molecule has 0 saturated carbocycles. The van der Waals surface area contributed by atoms with E-state index in [2.05, 4.69) is 9.97 Å². The molecule has 0 aliphatic rings. The molecule has 0 aromatic carbocycles. The van der Waals surface area contributed by atoms with Crippen LogP contribution in [0.2, 0.25) is 0 Å². The lowest BCUT2D eigenvalue weighted by molar-refractivity contribution is 0.0995. The van der Waals surface area contributed by atoms with Crippen LogP contribution in [0.15, 0.2) is 6.20 Å². The van der Waals surface area contributed by atoms with Crippen molar-refractivity contribution in [2.24, 2.45) is 0 Å². The van der Waals surface area contributed by atoms with Gasteiger partial charge in [-0.05, 0) is 41.5 Å². The Morgan fingerprint density at radius 1 is 1.00 bits per heavy atom. The van der Waals surface area contributed by atoms with Crippen LogP contribution in [-0.4, -0.2) is 38.5 Å². The smallest absolute Gasteiger partial charge is 0.507 e. The Labute approximate surface area is 119 Å². The minimum absolute atomic E-state index is 0.0242. The molecule has 0 radical (unpaired) electrons. The first-order chi connectivity index (χ1) is 8.96. The first-order valence-electron chi connectivity index (χ1n) is 6.24. The molecule has 112 valence electrons. The molecule has 7 nitrogen and oxygen atoms in total. The molecule has 0 amide bonds. The van der Waals surface area contributed by atoms with Crippen LogP contribution in [0.4, 0.5) is 0 Å². The van der Waals surface area contributed by atoms with Crippen LogP contribution in [0.25, 0.3) is 0 Å². The molecule has 1 heterocycles. The van der Waals surface area contributed by atoms with E-state index in [1.165, 1.54) is 6.20 Å². The van der Waals surface area contributed by atoms with E-state index >= 15 is 0 Å². The van der Waals surface area contributed by atoms with Gasteiger partial charge in [-0.25, -0.2) is 0 Å². The summed E-state index contributed by atoms with van der Waals surface area (Å²) in [6, 6.07) is 0.122. The molecule has 2 N–H and O–H groups in total. The van der Waals surface area contributed by atoms with Crippen LogP contribution in [0, 0.1) is 0 Å². The summed E-state index contributed by atoms with van der Waals surface area (Å²) in [4.78, 5) is 8.04. The molecule has 1 rings (SSSR count). The highest BCUT2D eigenvalue weighted by Gasteiger charge is 2.23. The molecule has 1 aromatic rings. The Bertz CT molecular complexity index is 454. The third kappa shape index (κ3) is 6.07. The molecule has 0 bridgehead atoms. The molecule has 0 unspecified atom stereocenters. The zero-order chi connectivity index (χ0) is 15.6. The predicted molar refractivity (Wildman–Crippen MR) is 73.6 cm³/mol. The van der Waals surface area contributed by atoms with Crippen LogP contribution in [0.1, 0.15) is 41.5 Å². The third-order valence-electron chi connectivity index (χ3n) is 1.73. The number of hydrogen-bond acceptors (Lipinski definition) is 7. The van der Waals surface area contributed by atoms with Crippen molar-refractivity contribution in [2.45, 2.75) is 52.7 Å². The van der Waals surface area contributed by atoms with Crippen LogP contribution in [0.3, 0.4) is 0 Å². The minimum Gasteiger partial charge on any atom is -0.507 e. The number of rotatable bonds is 4. The monoisotopic (exact) mass is 284 g/mol. The van der Waals surface area contributed by atoms with Crippen molar-refractivity contribution in [1.82, 2.24) is 9.97 Å². The summed E-state index contributed by atoms with van der Waals surface area (Å²) in [7, 11) is -1.98.